The summed E-state index contributed by atoms with van der Waals surface area (Å²) in [6, 6.07) is 5.02. The number of rotatable bonds is 4. The van der Waals surface area contributed by atoms with Gasteiger partial charge < -0.3 is 10.0 Å². The van der Waals surface area contributed by atoms with Crippen LogP contribution < -0.4 is 4.90 Å². The van der Waals surface area contributed by atoms with E-state index in [4.69, 9.17) is 5.11 Å². The topological polar surface area (TPSA) is 74.7 Å². The summed E-state index contributed by atoms with van der Waals surface area (Å²) in [5.74, 6) is -0.769. The van der Waals surface area contributed by atoms with Crippen molar-refractivity contribution in [3.05, 3.63) is 23.8 Å². The Morgan fingerprint density at radius 1 is 1.50 bits per heavy atom. The van der Waals surface area contributed by atoms with E-state index in [-0.39, 0.29) is 24.6 Å². The van der Waals surface area contributed by atoms with Gasteiger partial charge in [-0.2, -0.15) is 0 Å². The maximum Gasteiger partial charge on any atom is 0.305 e. The molecule has 0 aromatic heterocycles. The summed E-state index contributed by atoms with van der Waals surface area (Å²) >= 11 is 1.37. The molecule has 1 N–H and O–H groups in total. The smallest absolute Gasteiger partial charge is 0.305 e. The van der Waals surface area contributed by atoms with Crippen molar-refractivity contribution in [2.75, 3.05) is 17.2 Å². The van der Waals surface area contributed by atoms with Crippen LogP contribution in [0, 0.1) is 0 Å². The van der Waals surface area contributed by atoms with Gasteiger partial charge in [-0.15, -0.1) is 11.8 Å². The van der Waals surface area contributed by atoms with Crippen LogP contribution in [0.5, 0.6) is 0 Å². The largest absolute Gasteiger partial charge is 0.481 e. The molecule has 1 aromatic rings. The number of benzene rings is 1. The van der Waals surface area contributed by atoms with Crippen molar-refractivity contribution in [1.29, 1.82) is 0 Å². The molecule has 2 rings (SSSR count). The number of carbonyl (C=O) groups is 3. The summed E-state index contributed by atoms with van der Waals surface area (Å²) in [6.45, 7) is 0.155. The van der Waals surface area contributed by atoms with E-state index < -0.39 is 5.97 Å². The first-order valence-corrected chi connectivity index (χ1v) is 6.34. The second-order valence-electron chi connectivity index (χ2n) is 3.82. The van der Waals surface area contributed by atoms with E-state index in [1.165, 1.54) is 16.7 Å². The molecule has 1 heterocycles. The van der Waals surface area contributed by atoms with Crippen LogP contribution in [0.1, 0.15) is 16.8 Å². The van der Waals surface area contributed by atoms with Gasteiger partial charge >= 0.3 is 5.97 Å². The molecule has 1 aliphatic rings. The molecule has 94 valence electrons. The number of hydrogen-bond donors (Lipinski definition) is 1. The Balaban J connectivity index is 2.29. The second kappa shape index (κ2) is 5.22. The maximum atomic E-state index is 11.8. The normalized spacial score (nSPS) is 14.2. The Morgan fingerprint density at radius 3 is 2.94 bits per heavy atom. The monoisotopic (exact) mass is 265 g/mol. The molecule has 0 spiro atoms. The van der Waals surface area contributed by atoms with Crippen molar-refractivity contribution >= 4 is 35.6 Å². The van der Waals surface area contributed by atoms with Crippen molar-refractivity contribution < 1.29 is 19.5 Å². The van der Waals surface area contributed by atoms with Gasteiger partial charge in [-0.3, -0.25) is 14.4 Å². The average molecular weight is 265 g/mol. The molecule has 1 aliphatic heterocycles. The number of aldehydes is 1. The summed E-state index contributed by atoms with van der Waals surface area (Å²) in [5.41, 5.74) is 1.23. The number of carboxylic acid groups (broad SMARTS) is 1. The molecule has 0 unspecified atom stereocenters. The molecule has 0 saturated carbocycles. The number of anilines is 1. The molecule has 6 heteroatoms. The first-order chi connectivity index (χ1) is 8.61. The summed E-state index contributed by atoms with van der Waals surface area (Å²) in [6.07, 6.45) is 0.657. The Morgan fingerprint density at radius 2 is 2.28 bits per heavy atom. The van der Waals surface area contributed by atoms with E-state index in [1.807, 2.05) is 0 Å². The van der Waals surface area contributed by atoms with Gasteiger partial charge in [0.05, 0.1) is 17.9 Å². The molecule has 5 nitrogen and oxygen atoms in total. The third kappa shape index (κ3) is 2.53. The van der Waals surface area contributed by atoms with Crippen LogP contribution in [0.15, 0.2) is 23.1 Å². The molecule has 0 atom stereocenters. The fourth-order valence-electron chi connectivity index (χ4n) is 1.75. The molecular weight excluding hydrogens is 254 g/mol. The number of aliphatic carboxylic acids is 1. The highest BCUT2D eigenvalue weighted by Gasteiger charge is 2.25. The third-order valence-electron chi connectivity index (χ3n) is 2.61. The Labute approximate surface area is 108 Å². The lowest BCUT2D eigenvalue weighted by Crippen LogP contribution is -2.37. The van der Waals surface area contributed by atoms with Crippen LogP contribution in [0.3, 0.4) is 0 Å². The van der Waals surface area contributed by atoms with Gasteiger partial charge in [-0.1, -0.05) is 0 Å². The zero-order chi connectivity index (χ0) is 13.1. The van der Waals surface area contributed by atoms with Crippen LogP contribution in [-0.2, 0) is 9.59 Å². The fraction of sp³-hybridized carbons (Fsp3) is 0.250. The van der Waals surface area contributed by atoms with E-state index in [0.29, 0.717) is 11.3 Å². The van der Waals surface area contributed by atoms with Crippen molar-refractivity contribution in [2.24, 2.45) is 0 Å². The summed E-state index contributed by atoms with van der Waals surface area (Å²) in [5, 5.41) is 8.67. The summed E-state index contributed by atoms with van der Waals surface area (Å²) in [7, 11) is 0. The minimum absolute atomic E-state index is 0.0920. The van der Waals surface area contributed by atoms with Crippen molar-refractivity contribution in [2.45, 2.75) is 11.3 Å². The number of hydrogen-bond acceptors (Lipinski definition) is 4. The number of nitrogens with zero attached hydrogens (tertiary/aromatic N) is 1. The molecule has 0 aliphatic carbocycles. The first kappa shape index (κ1) is 12.6. The van der Waals surface area contributed by atoms with Crippen molar-refractivity contribution in [1.82, 2.24) is 0 Å². The number of amides is 1. The molecular formula is C12H11NO4S. The summed E-state index contributed by atoms with van der Waals surface area (Å²) < 4.78 is 0. The van der Waals surface area contributed by atoms with Crippen LogP contribution in [-0.4, -0.2) is 35.6 Å². The van der Waals surface area contributed by atoms with Gasteiger partial charge in [-0.05, 0) is 18.2 Å². The lowest BCUT2D eigenvalue weighted by Gasteiger charge is -2.28. The molecule has 0 saturated heterocycles. The van der Waals surface area contributed by atoms with E-state index >= 15 is 0 Å². The lowest BCUT2D eigenvalue weighted by molar-refractivity contribution is -0.136. The van der Waals surface area contributed by atoms with Crippen LogP contribution in [0.4, 0.5) is 5.69 Å². The third-order valence-corrected chi connectivity index (χ3v) is 3.64. The second-order valence-corrected chi connectivity index (χ2v) is 4.84. The minimum Gasteiger partial charge on any atom is -0.481 e. The average Bonchev–Trinajstić information content (AvgIpc) is 2.36. The standard InChI is InChI=1S/C12H11NO4S/c14-6-8-1-2-9-10(5-8)18-7-11(15)13(9)4-3-12(16)17/h1-2,5-6H,3-4,7H2,(H,16,17). The van der Waals surface area contributed by atoms with Gasteiger partial charge in [0.2, 0.25) is 5.91 Å². The maximum absolute atomic E-state index is 11.8. The first-order valence-electron chi connectivity index (χ1n) is 5.36. The number of thioether (sulfide) groups is 1. The zero-order valence-electron chi connectivity index (χ0n) is 9.46. The SMILES string of the molecule is O=Cc1ccc2c(c1)SCC(=O)N2CCC(=O)O. The Kier molecular flexibility index (Phi) is 3.66. The number of carboxylic acids is 1. The molecule has 0 fully saturated rings. The predicted molar refractivity (Wildman–Crippen MR) is 67.2 cm³/mol. The molecule has 18 heavy (non-hydrogen) atoms. The van der Waals surface area contributed by atoms with Crippen molar-refractivity contribution in [3.63, 3.8) is 0 Å². The molecule has 1 aromatic carbocycles. The highest BCUT2D eigenvalue weighted by molar-refractivity contribution is 8.00. The number of carbonyl (C=O) groups excluding carboxylic acids is 2. The van der Waals surface area contributed by atoms with Crippen LogP contribution in [0.25, 0.3) is 0 Å². The number of fused-ring (bicyclic) bond motifs is 1. The van der Waals surface area contributed by atoms with Crippen LogP contribution in [0.2, 0.25) is 0 Å². The van der Waals surface area contributed by atoms with E-state index in [1.54, 1.807) is 18.2 Å². The predicted octanol–water partition coefficient (Wildman–Crippen LogP) is 1.41. The Hall–Kier alpha value is -1.82. The van der Waals surface area contributed by atoms with Gasteiger partial charge in [0.15, 0.2) is 0 Å². The quantitative estimate of drug-likeness (QED) is 0.833. The zero-order valence-corrected chi connectivity index (χ0v) is 10.3. The van der Waals surface area contributed by atoms with E-state index in [0.717, 1.165) is 11.2 Å². The minimum atomic E-state index is -0.938. The Bertz CT molecular complexity index is 515. The van der Waals surface area contributed by atoms with Crippen LogP contribution >= 0.6 is 11.8 Å². The molecule has 0 bridgehead atoms. The summed E-state index contributed by atoms with van der Waals surface area (Å²) in [4.78, 5) is 35.3. The fourth-order valence-corrected chi connectivity index (χ4v) is 2.73. The molecule has 1 amide bonds. The highest BCUT2D eigenvalue weighted by Crippen LogP contribution is 2.35. The van der Waals surface area contributed by atoms with E-state index in [2.05, 4.69) is 0 Å². The molecule has 0 radical (unpaired) electrons. The van der Waals surface area contributed by atoms with Gasteiger partial charge in [0, 0.05) is 17.0 Å². The van der Waals surface area contributed by atoms with Gasteiger partial charge in [0.1, 0.15) is 6.29 Å². The van der Waals surface area contributed by atoms with E-state index in [9.17, 15) is 14.4 Å². The highest BCUT2D eigenvalue weighted by atomic mass is 32.2. The van der Waals surface area contributed by atoms with Gasteiger partial charge in [0.25, 0.3) is 0 Å². The van der Waals surface area contributed by atoms with Crippen molar-refractivity contribution in [3.8, 4) is 0 Å². The van der Waals surface area contributed by atoms with Gasteiger partial charge in [-0.25, -0.2) is 0 Å². The lowest BCUT2D eigenvalue weighted by atomic mass is 10.2.